The molecule has 112 valence electrons. The third-order valence-electron chi connectivity index (χ3n) is 2.62. The second kappa shape index (κ2) is 6.95. The highest BCUT2D eigenvalue weighted by Crippen LogP contribution is 2.19. The number of rotatable bonds is 4. The van der Waals surface area contributed by atoms with Crippen molar-refractivity contribution in [2.24, 2.45) is 0 Å². The molecule has 1 rings (SSSR count). The van der Waals surface area contributed by atoms with E-state index in [0.29, 0.717) is 11.4 Å². The van der Waals surface area contributed by atoms with E-state index in [4.69, 9.17) is 16.3 Å². The molecule has 2 N–H and O–H groups in total. The van der Waals surface area contributed by atoms with Crippen LogP contribution in [0.15, 0.2) is 18.2 Å². The van der Waals surface area contributed by atoms with E-state index in [2.05, 4.69) is 5.32 Å². The van der Waals surface area contributed by atoms with Crippen LogP contribution in [-0.4, -0.2) is 29.4 Å². The second-order valence-electron chi connectivity index (χ2n) is 5.82. The molecule has 0 aromatic heterocycles. The molecule has 1 aromatic rings. The SMILES string of the molecule is Cc1ccc(C[C@@H](CO)NC(=O)OC(C)(C)C)c(Cl)c1. The minimum Gasteiger partial charge on any atom is -0.444 e. The van der Waals surface area contributed by atoms with Crippen LogP contribution in [0.1, 0.15) is 31.9 Å². The van der Waals surface area contributed by atoms with E-state index in [1.807, 2.05) is 25.1 Å². The van der Waals surface area contributed by atoms with Crippen molar-refractivity contribution in [3.05, 3.63) is 34.3 Å². The van der Waals surface area contributed by atoms with E-state index < -0.39 is 17.7 Å². The van der Waals surface area contributed by atoms with E-state index in [1.165, 1.54) is 0 Å². The average molecular weight is 300 g/mol. The number of aliphatic hydroxyl groups excluding tert-OH is 1. The normalized spacial score (nSPS) is 12.9. The molecule has 1 amide bonds. The highest BCUT2D eigenvalue weighted by Gasteiger charge is 2.19. The zero-order valence-electron chi connectivity index (χ0n) is 12.4. The van der Waals surface area contributed by atoms with E-state index in [9.17, 15) is 9.90 Å². The Hall–Kier alpha value is -1.26. The predicted molar refractivity (Wildman–Crippen MR) is 80.1 cm³/mol. The number of hydrogen-bond donors (Lipinski definition) is 2. The topological polar surface area (TPSA) is 58.6 Å². The first-order valence-corrected chi connectivity index (χ1v) is 6.94. The maximum atomic E-state index is 11.7. The van der Waals surface area contributed by atoms with Crippen LogP contribution in [0.5, 0.6) is 0 Å². The summed E-state index contributed by atoms with van der Waals surface area (Å²) in [5.74, 6) is 0. The molecular formula is C15H22ClNO3. The molecule has 20 heavy (non-hydrogen) atoms. The van der Waals surface area contributed by atoms with Gasteiger partial charge in [-0.05, 0) is 51.3 Å². The number of halogens is 1. The summed E-state index contributed by atoms with van der Waals surface area (Å²) in [6.07, 6.45) is -0.0886. The van der Waals surface area contributed by atoms with Crippen LogP contribution in [0.2, 0.25) is 5.02 Å². The van der Waals surface area contributed by atoms with Gasteiger partial charge in [-0.25, -0.2) is 4.79 Å². The monoisotopic (exact) mass is 299 g/mol. The van der Waals surface area contributed by atoms with Crippen molar-refractivity contribution in [1.29, 1.82) is 0 Å². The summed E-state index contributed by atoms with van der Waals surface area (Å²) in [5.41, 5.74) is 1.39. The molecule has 0 saturated heterocycles. The van der Waals surface area contributed by atoms with E-state index in [-0.39, 0.29) is 6.61 Å². The van der Waals surface area contributed by atoms with Gasteiger partial charge in [0.2, 0.25) is 0 Å². The molecule has 0 aliphatic rings. The molecule has 0 radical (unpaired) electrons. The summed E-state index contributed by atoms with van der Waals surface area (Å²) in [6.45, 7) is 7.15. The summed E-state index contributed by atoms with van der Waals surface area (Å²) in [6, 6.07) is 5.28. The lowest BCUT2D eigenvalue weighted by Gasteiger charge is -2.23. The van der Waals surface area contributed by atoms with Crippen molar-refractivity contribution < 1.29 is 14.6 Å². The molecule has 0 aliphatic carbocycles. The average Bonchev–Trinajstić information content (AvgIpc) is 2.29. The summed E-state index contributed by atoms with van der Waals surface area (Å²) < 4.78 is 5.16. The number of carbonyl (C=O) groups excluding carboxylic acids is 1. The van der Waals surface area contributed by atoms with Crippen molar-refractivity contribution in [3.8, 4) is 0 Å². The van der Waals surface area contributed by atoms with Crippen molar-refractivity contribution in [2.75, 3.05) is 6.61 Å². The van der Waals surface area contributed by atoms with Crippen LogP contribution in [0, 0.1) is 6.92 Å². The van der Waals surface area contributed by atoms with Gasteiger partial charge in [0.05, 0.1) is 12.6 Å². The van der Waals surface area contributed by atoms with Crippen molar-refractivity contribution in [1.82, 2.24) is 5.32 Å². The smallest absolute Gasteiger partial charge is 0.407 e. The molecule has 0 unspecified atom stereocenters. The standard InChI is InChI=1S/C15H22ClNO3/c1-10-5-6-11(13(16)7-10)8-12(9-18)17-14(19)20-15(2,3)4/h5-7,12,18H,8-9H2,1-4H3,(H,17,19)/t12-/m0/s1. The number of hydrogen-bond acceptors (Lipinski definition) is 3. The van der Waals surface area contributed by atoms with Crippen LogP contribution in [0.3, 0.4) is 0 Å². The fraction of sp³-hybridized carbons (Fsp3) is 0.533. The number of benzene rings is 1. The number of nitrogens with one attached hydrogen (secondary N) is 1. The lowest BCUT2D eigenvalue weighted by Crippen LogP contribution is -2.42. The van der Waals surface area contributed by atoms with Crippen LogP contribution in [0.4, 0.5) is 4.79 Å². The Morgan fingerprint density at radius 1 is 1.45 bits per heavy atom. The highest BCUT2D eigenvalue weighted by atomic mass is 35.5. The molecule has 5 heteroatoms. The Morgan fingerprint density at radius 3 is 2.60 bits per heavy atom. The molecule has 0 heterocycles. The molecule has 1 aromatic carbocycles. The van der Waals surface area contributed by atoms with Crippen molar-refractivity contribution in [2.45, 2.75) is 45.8 Å². The Morgan fingerprint density at radius 2 is 2.10 bits per heavy atom. The Bertz CT molecular complexity index is 469. The number of alkyl carbamates (subject to hydrolysis) is 1. The molecule has 0 saturated carbocycles. The van der Waals surface area contributed by atoms with Gasteiger partial charge in [0.1, 0.15) is 5.60 Å². The van der Waals surface area contributed by atoms with Crippen LogP contribution in [-0.2, 0) is 11.2 Å². The van der Waals surface area contributed by atoms with Gasteiger partial charge in [0, 0.05) is 5.02 Å². The van der Waals surface area contributed by atoms with Gasteiger partial charge in [0.15, 0.2) is 0 Å². The third-order valence-corrected chi connectivity index (χ3v) is 2.97. The number of aryl methyl sites for hydroxylation is 1. The fourth-order valence-corrected chi connectivity index (χ4v) is 2.03. The van der Waals surface area contributed by atoms with Gasteiger partial charge >= 0.3 is 6.09 Å². The molecule has 0 bridgehead atoms. The van der Waals surface area contributed by atoms with Crippen molar-refractivity contribution >= 4 is 17.7 Å². The first kappa shape index (κ1) is 16.8. The zero-order chi connectivity index (χ0) is 15.3. The van der Waals surface area contributed by atoms with Crippen molar-refractivity contribution in [3.63, 3.8) is 0 Å². The first-order valence-electron chi connectivity index (χ1n) is 6.56. The largest absolute Gasteiger partial charge is 0.444 e. The third kappa shape index (κ3) is 5.80. The summed E-state index contributed by atoms with van der Waals surface area (Å²) in [7, 11) is 0. The second-order valence-corrected chi connectivity index (χ2v) is 6.23. The van der Waals surface area contributed by atoms with Crippen LogP contribution in [0.25, 0.3) is 0 Å². The molecule has 4 nitrogen and oxygen atoms in total. The molecule has 0 aliphatic heterocycles. The van der Waals surface area contributed by atoms with E-state index in [0.717, 1.165) is 11.1 Å². The molecule has 0 spiro atoms. The molecule has 0 fully saturated rings. The van der Waals surface area contributed by atoms with Gasteiger partial charge in [-0.2, -0.15) is 0 Å². The van der Waals surface area contributed by atoms with Gasteiger partial charge in [-0.15, -0.1) is 0 Å². The number of aliphatic hydroxyl groups is 1. The lowest BCUT2D eigenvalue weighted by molar-refractivity contribution is 0.0483. The summed E-state index contributed by atoms with van der Waals surface area (Å²) in [5, 5.41) is 12.6. The number of ether oxygens (including phenoxy) is 1. The minimum atomic E-state index is -0.564. The maximum Gasteiger partial charge on any atom is 0.407 e. The van der Waals surface area contributed by atoms with Crippen LogP contribution >= 0.6 is 11.6 Å². The van der Waals surface area contributed by atoms with Gasteiger partial charge < -0.3 is 15.2 Å². The summed E-state index contributed by atoms with van der Waals surface area (Å²) >= 11 is 6.15. The lowest BCUT2D eigenvalue weighted by atomic mass is 10.0. The molecule has 1 atom stereocenters. The number of amides is 1. The predicted octanol–water partition coefficient (Wildman–Crippen LogP) is 3.08. The first-order chi connectivity index (χ1) is 9.21. The quantitative estimate of drug-likeness (QED) is 0.898. The van der Waals surface area contributed by atoms with E-state index in [1.54, 1.807) is 20.8 Å². The minimum absolute atomic E-state index is 0.177. The Balaban J connectivity index is 2.65. The van der Waals surface area contributed by atoms with Gasteiger partial charge in [0.25, 0.3) is 0 Å². The van der Waals surface area contributed by atoms with Crippen LogP contribution < -0.4 is 5.32 Å². The number of carbonyl (C=O) groups is 1. The molecular weight excluding hydrogens is 278 g/mol. The van der Waals surface area contributed by atoms with Gasteiger partial charge in [-0.3, -0.25) is 0 Å². The maximum absolute atomic E-state index is 11.7. The van der Waals surface area contributed by atoms with E-state index >= 15 is 0 Å². The summed E-state index contributed by atoms with van der Waals surface area (Å²) in [4.78, 5) is 11.7. The Kier molecular flexibility index (Phi) is 5.84. The fourth-order valence-electron chi connectivity index (χ4n) is 1.72. The Labute approximate surface area is 125 Å². The van der Waals surface area contributed by atoms with Gasteiger partial charge in [-0.1, -0.05) is 23.7 Å². The highest BCUT2D eigenvalue weighted by molar-refractivity contribution is 6.31. The zero-order valence-corrected chi connectivity index (χ0v) is 13.1.